The van der Waals surface area contributed by atoms with E-state index in [1.54, 1.807) is 0 Å². The number of rotatable bonds is 2. The number of benzene rings is 1. The second-order valence-corrected chi connectivity index (χ2v) is 6.40. The Balaban J connectivity index is 1.67. The molecule has 4 heteroatoms. The zero-order valence-corrected chi connectivity index (χ0v) is 12.0. The molecule has 2 fully saturated rings. The molecule has 2 aliphatic rings. The summed E-state index contributed by atoms with van der Waals surface area (Å²) >= 11 is 9.55. The molecule has 2 aliphatic heterocycles. The smallest absolute Gasteiger partial charge is 0.0417 e. The topological polar surface area (TPSA) is 15.3 Å². The molecule has 1 N–H and O–H groups in total. The van der Waals surface area contributed by atoms with Crippen molar-refractivity contribution < 1.29 is 0 Å². The lowest BCUT2D eigenvalue weighted by Crippen LogP contribution is -2.25. The maximum atomic E-state index is 5.96. The van der Waals surface area contributed by atoms with E-state index in [1.165, 1.54) is 31.7 Å². The van der Waals surface area contributed by atoms with Crippen LogP contribution < -0.4 is 5.32 Å². The maximum absolute atomic E-state index is 5.96. The highest BCUT2D eigenvalue weighted by Crippen LogP contribution is 2.29. The van der Waals surface area contributed by atoms with Gasteiger partial charge in [-0.2, -0.15) is 0 Å². The Morgan fingerprint density at radius 1 is 1.29 bits per heavy atom. The molecule has 0 bridgehead atoms. The molecular weight excluding hydrogens is 300 g/mol. The molecule has 0 amide bonds. The lowest BCUT2D eigenvalue weighted by atomic mass is 10.0. The van der Waals surface area contributed by atoms with Gasteiger partial charge in [0.05, 0.1) is 0 Å². The number of halogens is 2. The Labute approximate surface area is 115 Å². The van der Waals surface area contributed by atoms with Crippen molar-refractivity contribution in [1.29, 1.82) is 0 Å². The van der Waals surface area contributed by atoms with E-state index in [-0.39, 0.29) is 0 Å². The summed E-state index contributed by atoms with van der Waals surface area (Å²) in [7, 11) is 0. The first-order valence-corrected chi connectivity index (χ1v) is 7.26. The standard InChI is InChI=1S/C13H16BrClN2/c14-13-3-12(15)2-1-9(13)6-17-7-10-4-16-5-11(10)8-17/h1-3,10-11,16H,4-8H2/t10-,11+. The van der Waals surface area contributed by atoms with E-state index in [1.807, 2.05) is 12.1 Å². The van der Waals surface area contributed by atoms with E-state index >= 15 is 0 Å². The van der Waals surface area contributed by atoms with Gasteiger partial charge >= 0.3 is 0 Å². The number of fused-ring (bicyclic) bond motifs is 1. The molecule has 1 aromatic carbocycles. The van der Waals surface area contributed by atoms with Crippen LogP contribution in [0.3, 0.4) is 0 Å². The predicted molar refractivity (Wildman–Crippen MR) is 74.3 cm³/mol. The molecule has 0 radical (unpaired) electrons. The fraction of sp³-hybridized carbons (Fsp3) is 0.538. The van der Waals surface area contributed by atoms with Crippen LogP contribution in [-0.2, 0) is 6.54 Å². The highest BCUT2D eigenvalue weighted by Gasteiger charge is 2.35. The van der Waals surface area contributed by atoms with Gasteiger partial charge in [0.2, 0.25) is 0 Å². The van der Waals surface area contributed by atoms with Crippen LogP contribution in [0.25, 0.3) is 0 Å². The molecular formula is C13H16BrClN2. The molecule has 17 heavy (non-hydrogen) atoms. The van der Waals surface area contributed by atoms with Crippen LogP contribution in [0.15, 0.2) is 22.7 Å². The number of likely N-dealkylation sites (tertiary alicyclic amines) is 1. The summed E-state index contributed by atoms with van der Waals surface area (Å²) < 4.78 is 1.13. The van der Waals surface area contributed by atoms with Crippen molar-refractivity contribution in [3.63, 3.8) is 0 Å². The SMILES string of the molecule is Clc1ccc(CN2C[C@H]3CNC[C@H]3C2)c(Br)c1. The Morgan fingerprint density at radius 2 is 2.00 bits per heavy atom. The van der Waals surface area contributed by atoms with Gasteiger partial charge in [-0.25, -0.2) is 0 Å². The molecule has 3 rings (SSSR count). The highest BCUT2D eigenvalue weighted by atomic mass is 79.9. The van der Waals surface area contributed by atoms with Crippen LogP contribution in [-0.4, -0.2) is 31.1 Å². The fourth-order valence-corrected chi connectivity index (χ4v) is 3.78. The largest absolute Gasteiger partial charge is 0.316 e. The summed E-state index contributed by atoms with van der Waals surface area (Å²) in [5.74, 6) is 1.72. The Hall–Kier alpha value is -0.0900. The molecule has 2 nitrogen and oxygen atoms in total. The molecule has 0 spiro atoms. The molecule has 0 aliphatic carbocycles. The molecule has 2 heterocycles. The van der Waals surface area contributed by atoms with Gasteiger partial charge in [0, 0.05) is 29.1 Å². The lowest BCUT2D eigenvalue weighted by Gasteiger charge is -2.18. The summed E-state index contributed by atoms with van der Waals surface area (Å²) in [4.78, 5) is 2.56. The molecule has 1 aromatic rings. The van der Waals surface area contributed by atoms with Crippen molar-refractivity contribution in [3.05, 3.63) is 33.3 Å². The van der Waals surface area contributed by atoms with Crippen LogP contribution in [0, 0.1) is 11.8 Å². The first-order chi connectivity index (χ1) is 8.22. The van der Waals surface area contributed by atoms with Crippen LogP contribution in [0.1, 0.15) is 5.56 Å². The summed E-state index contributed by atoms with van der Waals surface area (Å²) in [6, 6.07) is 6.08. The summed E-state index contributed by atoms with van der Waals surface area (Å²) in [6.45, 7) is 5.89. The van der Waals surface area contributed by atoms with E-state index in [2.05, 4.69) is 32.2 Å². The quantitative estimate of drug-likeness (QED) is 0.903. The first-order valence-electron chi connectivity index (χ1n) is 6.09. The van der Waals surface area contributed by atoms with Gasteiger partial charge in [-0.3, -0.25) is 4.90 Å². The summed E-state index contributed by atoms with van der Waals surface area (Å²) in [5.41, 5.74) is 1.34. The van der Waals surface area contributed by atoms with Crippen LogP contribution in [0.5, 0.6) is 0 Å². The van der Waals surface area contributed by atoms with E-state index in [4.69, 9.17) is 11.6 Å². The molecule has 0 unspecified atom stereocenters. The minimum atomic E-state index is 0.795. The minimum absolute atomic E-state index is 0.795. The monoisotopic (exact) mass is 314 g/mol. The number of nitrogens with zero attached hydrogens (tertiary/aromatic N) is 1. The molecule has 0 saturated carbocycles. The van der Waals surface area contributed by atoms with Crippen molar-refractivity contribution in [3.8, 4) is 0 Å². The van der Waals surface area contributed by atoms with E-state index in [0.29, 0.717) is 0 Å². The van der Waals surface area contributed by atoms with Crippen molar-refractivity contribution in [2.45, 2.75) is 6.54 Å². The number of hydrogen-bond donors (Lipinski definition) is 1. The Kier molecular flexibility index (Phi) is 3.44. The highest BCUT2D eigenvalue weighted by molar-refractivity contribution is 9.10. The van der Waals surface area contributed by atoms with Gasteiger partial charge in [-0.15, -0.1) is 0 Å². The molecule has 2 atom stereocenters. The molecule has 2 saturated heterocycles. The van der Waals surface area contributed by atoms with Gasteiger partial charge < -0.3 is 5.32 Å². The van der Waals surface area contributed by atoms with Gasteiger partial charge in [0.25, 0.3) is 0 Å². The average molecular weight is 316 g/mol. The van der Waals surface area contributed by atoms with Crippen molar-refractivity contribution in [2.75, 3.05) is 26.2 Å². The third kappa shape index (κ3) is 2.53. The van der Waals surface area contributed by atoms with E-state index in [9.17, 15) is 0 Å². The second-order valence-electron chi connectivity index (χ2n) is 5.11. The van der Waals surface area contributed by atoms with Gasteiger partial charge in [0.1, 0.15) is 0 Å². The van der Waals surface area contributed by atoms with Crippen molar-refractivity contribution >= 4 is 27.5 Å². The molecule has 92 valence electrons. The summed E-state index contributed by atoms with van der Waals surface area (Å²) in [6.07, 6.45) is 0. The van der Waals surface area contributed by atoms with E-state index in [0.717, 1.165) is 27.9 Å². The van der Waals surface area contributed by atoms with Crippen molar-refractivity contribution in [1.82, 2.24) is 10.2 Å². The van der Waals surface area contributed by atoms with Crippen molar-refractivity contribution in [2.24, 2.45) is 11.8 Å². The number of hydrogen-bond acceptors (Lipinski definition) is 2. The van der Waals surface area contributed by atoms with E-state index < -0.39 is 0 Å². The van der Waals surface area contributed by atoms with Gasteiger partial charge in [0.15, 0.2) is 0 Å². The van der Waals surface area contributed by atoms with Crippen LogP contribution in [0.2, 0.25) is 5.02 Å². The minimum Gasteiger partial charge on any atom is -0.316 e. The first kappa shape index (κ1) is 12.0. The molecule has 0 aromatic heterocycles. The Morgan fingerprint density at radius 3 is 2.65 bits per heavy atom. The summed E-state index contributed by atoms with van der Waals surface area (Å²) in [5, 5.41) is 4.27. The zero-order chi connectivity index (χ0) is 11.8. The van der Waals surface area contributed by atoms with Gasteiger partial charge in [-0.05, 0) is 42.6 Å². The third-order valence-electron chi connectivity index (χ3n) is 3.87. The second kappa shape index (κ2) is 4.88. The fourth-order valence-electron chi connectivity index (χ4n) is 2.97. The van der Waals surface area contributed by atoms with Gasteiger partial charge in [-0.1, -0.05) is 33.6 Å². The van der Waals surface area contributed by atoms with Crippen LogP contribution >= 0.6 is 27.5 Å². The average Bonchev–Trinajstić information content (AvgIpc) is 2.82. The predicted octanol–water partition coefficient (Wildman–Crippen LogP) is 2.75. The normalized spacial score (nSPS) is 28.6. The third-order valence-corrected chi connectivity index (χ3v) is 4.85. The van der Waals surface area contributed by atoms with Crippen LogP contribution in [0.4, 0.5) is 0 Å². The number of nitrogens with one attached hydrogen (secondary N) is 1. The lowest BCUT2D eigenvalue weighted by molar-refractivity contribution is 0.305. The maximum Gasteiger partial charge on any atom is 0.0417 e. The Bertz CT molecular complexity index is 412. The zero-order valence-electron chi connectivity index (χ0n) is 9.63.